The van der Waals surface area contributed by atoms with Gasteiger partial charge in [0.2, 0.25) is 0 Å². The lowest BCUT2D eigenvalue weighted by atomic mass is 9.62. The molecule has 166 valence electrons. The first-order valence-corrected chi connectivity index (χ1v) is 11.6. The van der Waals surface area contributed by atoms with Gasteiger partial charge in [-0.05, 0) is 80.8 Å². The predicted molar refractivity (Wildman–Crippen MR) is 124 cm³/mol. The zero-order valence-electron chi connectivity index (χ0n) is 19.2. The van der Waals surface area contributed by atoms with Crippen molar-refractivity contribution in [1.82, 2.24) is 0 Å². The fourth-order valence-electron chi connectivity index (χ4n) is 5.77. The van der Waals surface area contributed by atoms with Crippen LogP contribution >= 0.6 is 0 Å². The number of rotatable bonds is 5. The van der Waals surface area contributed by atoms with Crippen LogP contribution in [0.3, 0.4) is 0 Å². The first kappa shape index (κ1) is 23.2. The highest BCUT2D eigenvalue weighted by atomic mass is 16.3. The third kappa shape index (κ3) is 5.07. The van der Waals surface area contributed by atoms with Crippen molar-refractivity contribution >= 4 is 0 Å². The van der Waals surface area contributed by atoms with Crippen molar-refractivity contribution in [3.05, 3.63) is 59.3 Å². The Labute approximate surface area is 182 Å². The van der Waals surface area contributed by atoms with Crippen LogP contribution in [0.4, 0.5) is 0 Å². The molecular formula is C27H40O3. The zero-order valence-corrected chi connectivity index (χ0v) is 19.2. The molecule has 3 aliphatic rings. The van der Waals surface area contributed by atoms with Gasteiger partial charge in [-0.2, -0.15) is 0 Å². The summed E-state index contributed by atoms with van der Waals surface area (Å²) in [4.78, 5) is 0. The van der Waals surface area contributed by atoms with Crippen LogP contribution in [-0.4, -0.2) is 33.1 Å². The molecule has 30 heavy (non-hydrogen) atoms. The average Bonchev–Trinajstić information content (AvgIpc) is 3.00. The van der Waals surface area contributed by atoms with E-state index < -0.39 is 17.8 Å². The predicted octanol–water partition coefficient (Wildman–Crippen LogP) is 5.40. The molecule has 0 aliphatic heterocycles. The largest absolute Gasteiger partial charge is 0.393 e. The maximum Gasteiger partial charge on any atom is 0.0811 e. The van der Waals surface area contributed by atoms with Gasteiger partial charge in [0.1, 0.15) is 0 Å². The number of hydrogen-bond acceptors (Lipinski definition) is 3. The van der Waals surface area contributed by atoms with Gasteiger partial charge in [-0.25, -0.2) is 0 Å². The second-order valence-electron chi connectivity index (χ2n) is 10.5. The molecule has 0 saturated heterocycles. The second kappa shape index (κ2) is 8.98. The first-order chi connectivity index (χ1) is 14.0. The van der Waals surface area contributed by atoms with E-state index in [1.807, 2.05) is 19.9 Å². The Kier molecular flexibility index (Phi) is 6.96. The lowest BCUT2D eigenvalue weighted by Gasteiger charge is -2.42. The molecule has 0 amide bonds. The van der Waals surface area contributed by atoms with Crippen molar-refractivity contribution in [2.45, 2.75) is 90.4 Å². The summed E-state index contributed by atoms with van der Waals surface area (Å²) >= 11 is 0. The molecule has 5 atom stereocenters. The fraction of sp³-hybridized carbons (Fsp3) is 0.630. The van der Waals surface area contributed by atoms with Crippen LogP contribution < -0.4 is 0 Å². The molecule has 0 aromatic heterocycles. The molecule has 3 rings (SSSR count). The molecule has 0 radical (unpaired) electrons. The van der Waals surface area contributed by atoms with Crippen LogP contribution in [0, 0.1) is 17.3 Å². The smallest absolute Gasteiger partial charge is 0.0811 e. The van der Waals surface area contributed by atoms with Gasteiger partial charge in [0.25, 0.3) is 0 Å². The lowest BCUT2D eigenvalue weighted by Crippen LogP contribution is -2.32. The summed E-state index contributed by atoms with van der Waals surface area (Å²) in [7, 11) is 0. The zero-order chi connectivity index (χ0) is 22.1. The third-order valence-electron chi connectivity index (χ3n) is 7.42. The highest BCUT2D eigenvalue weighted by molar-refractivity contribution is 5.40. The van der Waals surface area contributed by atoms with Gasteiger partial charge in [-0.1, -0.05) is 62.0 Å². The molecule has 3 nitrogen and oxygen atoms in total. The van der Waals surface area contributed by atoms with Crippen LogP contribution in [0.5, 0.6) is 0 Å². The second-order valence-corrected chi connectivity index (χ2v) is 10.5. The summed E-state index contributed by atoms with van der Waals surface area (Å²) in [5.74, 6) is 1.00. The highest BCUT2D eigenvalue weighted by Gasteiger charge is 2.45. The minimum absolute atomic E-state index is 0.202. The molecule has 0 aromatic carbocycles. The van der Waals surface area contributed by atoms with Gasteiger partial charge in [0.05, 0.1) is 17.8 Å². The Bertz CT molecular complexity index is 776. The summed E-state index contributed by atoms with van der Waals surface area (Å²) in [6.07, 6.45) is 16.3. The van der Waals surface area contributed by atoms with Crippen LogP contribution in [0.15, 0.2) is 59.3 Å². The summed E-state index contributed by atoms with van der Waals surface area (Å²) in [6.45, 7) is 12.4. The van der Waals surface area contributed by atoms with E-state index in [2.05, 4.69) is 44.7 Å². The molecule has 3 N–H and O–H groups in total. The van der Waals surface area contributed by atoms with Crippen LogP contribution in [-0.2, 0) is 0 Å². The number of hydrogen-bond donors (Lipinski definition) is 3. The molecule has 0 aromatic rings. The van der Waals surface area contributed by atoms with Crippen molar-refractivity contribution < 1.29 is 15.3 Å². The van der Waals surface area contributed by atoms with Gasteiger partial charge in [0.15, 0.2) is 0 Å². The maximum absolute atomic E-state index is 10.1. The van der Waals surface area contributed by atoms with E-state index in [0.29, 0.717) is 24.7 Å². The van der Waals surface area contributed by atoms with Gasteiger partial charge in [-0.3, -0.25) is 0 Å². The topological polar surface area (TPSA) is 60.7 Å². The van der Waals surface area contributed by atoms with Gasteiger partial charge >= 0.3 is 0 Å². The molecule has 0 bridgehead atoms. The van der Waals surface area contributed by atoms with E-state index in [9.17, 15) is 15.3 Å². The molecule has 2 fully saturated rings. The number of fused-ring (bicyclic) bond motifs is 1. The Morgan fingerprint density at radius 3 is 2.73 bits per heavy atom. The van der Waals surface area contributed by atoms with Crippen molar-refractivity contribution in [2.24, 2.45) is 17.3 Å². The normalized spacial score (nSPS) is 36.4. The molecule has 3 aliphatic carbocycles. The van der Waals surface area contributed by atoms with E-state index in [4.69, 9.17) is 0 Å². The van der Waals surface area contributed by atoms with Crippen molar-refractivity contribution in [3.8, 4) is 0 Å². The summed E-state index contributed by atoms with van der Waals surface area (Å²) in [5.41, 5.74) is 4.25. The van der Waals surface area contributed by atoms with E-state index >= 15 is 0 Å². The Hall–Kier alpha value is -1.42. The third-order valence-corrected chi connectivity index (χ3v) is 7.42. The fourth-order valence-corrected chi connectivity index (χ4v) is 5.77. The van der Waals surface area contributed by atoms with E-state index in [-0.39, 0.29) is 5.41 Å². The standard InChI is InChI=1S/C27H40O3/c1-18(8-6-14-26(3,4)30)23-12-13-24-20(9-7-15-27(23,24)5)10-11-21-16-22(28)17-25(29)19(21)2/h6,10-12,14,18,22,24-25,28-30H,2,7-9,13,15-17H2,1,3-5H3/b14-6-,20-10+,21-11-/t18-,22-,24+,25+,27-/m1/s1. The van der Waals surface area contributed by atoms with Crippen LogP contribution in [0.2, 0.25) is 0 Å². The minimum Gasteiger partial charge on any atom is -0.393 e. The van der Waals surface area contributed by atoms with Crippen molar-refractivity contribution in [1.29, 1.82) is 0 Å². The van der Waals surface area contributed by atoms with Gasteiger partial charge < -0.3 is 15.3 Å². The average molecular weight is 413 g/mol. The Morgan fingerprint density at radius 2 is 2.03 bits per heavy atom. The van der Waals surface area contributed by atoms with Crippen molar-refractivity contribution in [3.63, 3.8) is 0 Å². The Balaban J connectivity index is 1.75. The lowest BCUT2D eigenvalue weighted by molar-refractivity contribution is 0.0862. The van der Waals surface area contributed by atoms with Gasteiger partial charge in [-0.15, -0.1) is 0 Å². The monoisotopic (exact) mass is 412 g/mol. The molecular weight excluding hydrogens is 372 g/mol. The van der Waals surface area contributed by atoms with Crippen LogP contribution in [0.1, 0.15) is 72.6 Å². The number of aliphatic hydroxyl groups is 3. The highest BCUT2D eigenvalue weighted by Crippen LogP contribution is 2.56. The Morgan fingerprint density at radius 1 is 1.30 bits per heavy atom. The summed E-state index contributed by atoms with van der Waals surface area (Å²) < 4.78 is 0. The SMILES string of the molecule is C=C1/C(=C\C=C2/CCC[C@]3(C)C([C@H](C)C/C=C\C(C)(C)O)=CC[C@@H]23)C[C@@H](O)C[C@@H]1O. The van der Waals surface area contributed by atoms with Crippen molar-refractivity contribution in [2.75, 3.05) is 0 Å². The number of aliphatic hydroxyl groups excluding tert-OH is 2. The minimum atomic E-state index is -0.755. The number of allylic oxidation sites excluding steroid dienone is 6. The molecule has 3 heteroatoms. The molecule has 0 spiro atoms. The molecule has 0 heterocycles. The first-order valence-electron chi connectivity index (χ1n) is 11.6. The van der Waals surface area contributed by atoms with E-state index in [1.54, 1.807) is 5.57 Å². The van der Waals surface area contributed by atoms with E-state index in [1.165, 1.54) is 18.4 Å². The quantitative estimate of drug-likeness (QED) is 0.530. The maximum atomic E-state index is 10.1. The van der Waals surface area contributed by atoms with E-state index in [0.717, 1.165) is 30.4 Å². The van der Waals surface area contributed by atoms with Gasteiger partial charge in [0, 0.05) is 6.42 Å². The van der Waals surface area contributed by atoms with Crippen LogP contribution in [0.25, 0.3) is 0 Å². The summed E-state index contributed by atoms with van der Waals surface area (Å²) in [6, 6.07) is 0. The molecule has 0 unspecified atom stereocenters. The molecule has 2 saturated carbocycles. The summed E-state index contributed by atoms with van der Waals surface area (Å²) in [5, 5.41) is 30.1.